The van der Waals surface area contributed by atoms with E-state index in [9.17, 15) is 4.79 Å². The van der Waals surface area contributed by atoms with Crippen LogP contribution in [0.15, 0.2) is 34.4 Å². The van der Waals surface area contributed by atoms with Crippen molar-refractivity contribution in [2.75, 3.05) is 5.73 Å². The Morgan fingerprint density at radius 2 is 1.95 bits per heavy atom. The van der Waals surface area contributed by atoms with Gasteiger partial charge in [0, 0.05) is 10.9 Å². The number of nitrogen functional groups attached to an aromatic ring is 1. The summed E-state index contributed by atoms with van der Waals surface area (Å²) in [5, 5.41) is 8.88. The molecule has 0 spiro atoms. The fourth-order valence-electron chi connectivity index (χ4n) is 2.25. The fraction of sp³-hybridized carbons (Fsp3) is 0.133. The van der Waals surface area contributed by atoms with Crippen molar-refractivity contribution >= 4 is 16.5 Å². The summed E-state index contributed by atoms with van der Waals surface area (Å²) in [5.74, 6) is 0. The minimum absolute atomic E-state index is 0.270. The number of benzene rings is 1. The van der Waals surface area contributed by atoms with Crippen LogP contribution in [-0.2, 0) is 0 Å². The minimum atomic E-state index is -0.270. The van der Waals surface area contributed by atoms with Gasteiger partial charge >= 0.3 is 0 Å². The first kappa shape index (κ1) is 13.5. The van der Waals surface area contributed by atoms with Crippen LogP contribution in [0.3, 0.4) is 0 Å². The molecule has 0 aliphatic carbocycles. The van der Waals surface area contributed by atoms with Crippen molar-refractivity contribution in [3.63, 3.8) is 0 Å². The molecule has 0 unspecified atom stereocenters. The van der Waals surface area contributed by atoms with E-state index < -0.39 is 0 Å². The Balaban J connectivity index is 2.15. The van der Waals surface area contributed by atoms with Gasteiger partial charge in [-0.15, -0.1) is 11.3 Å². The Morgan fingerprint density at radius 3 is 2.62 bits per heavy atom. The number of nitrogens with one attached hydrogen (secondary N) is 1. The van der Waals surface area contributed by atoms with Gasteiger partial charge in [0.25, 0.3) is 5.56 Å². The zero-order chi connectivity index (χ0) is 15.0. The summed E-state index contributed by atoms with van der Waals surface area (Å²) in [6.45, 7) is 4.07. The van der Waals surface area contributed by atoms with Crippen molar-refractivity contribution in [2.45, 2.75) is 13.8 Å². The maximum atomic E-state index is 12.0. The number of anilines is 1. The summed E-state index contributed by atoms with van der Waals surface area (Å²) >= 11 is 1.31. The lowest BCUT2D eigenvalue weighted by Gasteiger charge is -2.07. The zero-order valence-electron chi connectivity index (χ0n) is 11.7. The number of rotatable bonds is 2. The van der Waals surface area contributed by atoms with Gasteiger partial charge in [-0.3, -0.25) is 4.79 Å². The Kier molecular flexibility index (Phi) is 3.31. The Labute approximate surface area is 125 Å². The monoisotopic (exact) mass is 298 g/mol. The third kappa shape index (κ3) is 2.57. The first-order chi connectivity index (χ1) is 10.0. The maximum Gasteiger partial charge on any atom is 0.273 e. The molecule has 2 heterocycles. The number of nitrogens with zero attached hydrogens (tertiary/aromatic N) is 2. The van der Waals surface area contributed by atoms with E-state index in [-0.39, 0.29) is 5.56 Å². The molecular weight excluding hydrogens is 284 g/mol. The van der Waals surface area contributed by atoms with E-state index in [0.29, 0.717) is 22.1 Å². The predicted molar refractivity (Wildman–Crippen MR) is 85.3 cm³/mol. The Bertz CT molecular complexity index is 866. The zero-order valence-corrected chi connectivity index (χ0v) is 12.5. The summed E-state index contributed by atoms with van der Waals surface area (Å²) in [7, 11) is 0. The molecule has 1 aromatic carbocycles. The third-order valence-corrected chi connectivity index (χ3v) is 3.93. The smallest absolute Gasteiger partial charge is 0.273 e. The van der Waals surface area contributed by atoms with Crippen LogP contribution in [0, 0.1) is 13.8 Å². The van der Waals surface area contributed by atoms with Gasteiger partial charge in [-0.1, -0.05) is 23.8 Å². The lowest BCUT2D eigenvalue weighted by atomic mass is 10.0. The van der Waals surface area contributed by atoms with E-state index in [1.165, 1.54) is 16.9 Å². The average molecular weight is 298 g/mol. The van der Waals surface area contributed by atoms with Gasteiger partial charge < -0.3 is 5.73 Å². The largest absolute Gasteiger partial charge is 0.375 e. The van der Waals surface area contributed by atoms with E-state index in [0.717, 1.165) is 11.1 Å². The van der Waals surface area contributed by atoms with Crippen molar-refractivity contribution in [1.29, 1.82) is 0 Å². The van der Waals surface area contributed by atoms with Crippen LogP contribution in [0.2, 0.25) is 0 Å². The molecule has 3 aromatic rings. The molecule has 0 bridgehead atoms. The summed E-state index contributed by atoms with van der Waals surface area (Å²) in [6.07, 6.45) is 0. The van der Waals surface area contributed by atoms with Crippen LogP contribution in [0.1, 0.15) is 11.1 Å². The SMILES string of the molecule is Cc1ccc(-c2cc(-c3csc(N)n3)c(=O)[nH]n2)c(C)c1. The molecule has 0 amide bonds. The predicted octanol–water partition coefficient (Wildman–Crippen LogP) is 2.76. The second-order valence-corrected chi connectivity index (χ2v) is 5.78. The molecule has 0 aliphatic heterocycles. The normalized spacial score (nSPS) is 10.8. The third-order valence-electron chi connectivity index (χ3n) is 3.26. The summed E-state index contributed by atoms with van der Waals surface area (Å²) in [5.41, 5.74) is 10.4. The molecule has 0 saturated carbocycles. The average Bonchev–Trinajstić information content (AvgIpc) is 2.86. The number of hydrogen-bond acceptors (Lipinski definition) is 5. The lowest BCUT2D eigenvalue weighted by molar-refractivity contribution is 0.995. The van der Waals surface area contributed by atoms with E-state index in [2.05, 4.69) is 21.2 Å². The number of hydrogen-bond donors (Lipinski definition) is 2. The molecule has 0 saturated heterocycles. The highest BCUT2D eigenvalue weighted by atomic mass is 32.1. The first-order valence-electron chi connectivity index (χ1n) is 6.43. The van der Waals surface area contributed by atoms with Crippen LogP contribution < -0.4 is 11.3 Å². The molecule has 0 radical (unpaired) electrons. The van der Waals surface area contributed by atoms with Crippen molar-refractivity contribution in [3.05, 3.63) is 51.1 Å². The highest BCUT2D eigenvalue weighted by molar-refractivity contribution is 7.13. The van der Waals surface area contributed by atoms with Gasteiger partial charge in [-0.25, -0.2) is 10.1 Å². The van der Waals surface area contributed by atoms with Gasteiger partial charge in [-0.05, 0) is 25.5 Å². The molecule has 0 aliphatic rings. The molecule has 0 fully saturated rings. The van der Waals surface area contributed by atoms with Crippen molar-refractivity contribution < 1.29 is 0 Å². The molecule has 2 aromatic heterocycles. The summed E-state index contributed by atoms with van der Waals surface area (Å²) < 4.78 is 0. The van der Waals surface area contributed by atoms with Gasteiger partial charge in [0.05, 0.1) is 17.0 Å². The van der Waals surface area contributed by atoms with Gasteiger partial charge in [-0.2, -0.15) is 5.10 Å². The van der Waals surface area contributed by atoms with Crippen molar-refractivity contribution in [1.82, 2.24) is 15.2 Å². The maximum absolute atomic E-state index is 12.0. The minimum Gasteiger partial charge on any atom is -0.375 e. The van der Waals surface area contributed by atoms with Crippen LogP contribution in [-0.4, -0.2) is 15.2 Å². The number of H-pyrrole nitrogens is 1. The van der Waals surface area contributed by atoms with E-state index in [4.69, 9.17) is 5.73 Å². The number of nitrogens with two attached hydrogens (primary N) is 1. The molecule has 3 N–H and O–H groups in total. The first-order valence-corrected chi connectivity index (χ1v) is 7.31. The molecule has 106 valence electrons. The van der Waals surface area contributed by atoms with E-state index >= 15 is 0 Å². The molecule has 3 rings (SSSR count). The molecule has 6 heteroatoms. The summed E-state index contributed by atoms with van der Waals surface area (Å²) in [6, 6.07) is 7.87. The molecule has 0 atom stereocenters. The van der Waals surface area contributed by atoms with Crippen molar-refractivity contribution in [2.24, 2.45) is 0 Å². The van der Waals surface area contributed by atoms with E-state index in [1.54, 1.807) is 11.4 Å². The van der Waals surface area contributed by atoms with E-state index in [1.807, 2.05) is 26.0 Å². The molecular formula is C15H14N4OS. The van der Waals surface area contributed by atoms with Gasteiger partial charge in [0.15, 0.2) is 5.13 Å². The fourth-order valence-corrected chi connectivity index (χ4v) is 2.81. The highest BCUT2D eigenvalue weighted by Gasteiger charge is 2.11. The number of aromatic amines is 1. The number of aryl methyl sites for hydroxylation is 2. The Hall–Kier alpha value is -2.47. The quantitative estimate of drug-likeness (QED) is 0.762. The van der Waals surface area contributed by atoms with Crippen LogP contribution in [0.5, 0.6) is 0 Å². The number of aromatic nitrogens is 3. The Morgan fingerprint density at radius 1 is 1.14 bits per heavy atom. The van der Waals surface area contributed by atoms with Gasteiger partial charge in [0.2, 0.25) is 0 Å². The molecule has 21 heavy (non-hydrogen) atoms. The summed E-state index contributed by atoms with van der Waals surface area (Å²) in [4.78, 5) is 16.1. The van der Waals surface area contributed by atoms with Crippen LogP contribution in [0.4, 0.5) is 5.13 Å². The second-order valence-electron chi connectivity index (χ2n) is 4.89. The topological polar surface area (TPSA) is 84.7 Å². The van der Waals surface area contributed by atoms with Gasteiger partial charge in [0.1, 0.15) is 0 Å². The highest BCUT2D eigenvalue weighted by Crippen LogP contribution is 2.26. The molecule has 5 nitrogen and oxygen atoms in total. The number of thiazole rings is 1. The lowest BCUT2D eigenvalue weighted by Crippen LogP contribution is -2.11. The van der Waals surface area contributed by atoms with Crippen LogP contribution in [0.25, 0.3) is 22.5 Å². The van der Waals surface area contributed by atoms with Crippen LogP contribution >= 0.6 is 11.3 Å². The standard InChI is InChI=1S/C15H14N4OS/c1-8-3-4-10(9(2)5-8)12-6-11(14(20)19-18-12)13-7-21-15(16)17-13/h3-7H,1-2H3,(H2,16,17)(H,19,20). The van der Waals surface area contributed by atoms with Crippen molar-refractivity contribution in [3.8, 4) is 22.5 Å². The second kappa shape index (κ2) is 5.14.